The van der Waals surface area contributed by atoms with Crippen LogP contribution in [0.25, 0.3) is 0 Å². The van der Waals surface area contributed by atoms with Crippen LogP contribution in [0.3, 0.4) is 0 Å². The number of hydrogen-bond acceptors (Lipinski definition) is 5. The molecule has 27 heavy (non-hydrogen) atoms. The Bertz CT molecular complexity index is 928. The van der Waals surface area contributed by atoms with Crippen molar-refractivity contribution >= 4 is 40.6 Å². The van der Waals surface area contributed by atoms with Gasteiger partial charge in [0.1, 0.15) is 16.5 Å². The van der Waals surface area contributed by atoms with Crippen LogP contribution in [-0.2, 0) is 11.2 Å². The molecule has 0 unspecified atom stereocenters. The fourth-order valence-electron chi connectivity index (χ4n) is 2.35. The Morgan fingerprint density at radius 3 is 2.67 bits per heavy atom. The van der Waals surface area contributed by atoms with Crippen molar-refractivity contribution in [1.82, 2.24) is 15.3 Å². The minimum absolute atomic E-state index is 0.125. The summed E-state index contributed by atoms with van der Waals surface area (Å²) in [5.74, 6) is -0.00299. The number of carbonyl (C=O) groups is 2. The minimum Gasteiger partial charge on any atom is -0.347 e. The number of nitrogens with one attached hydrogen (secondary N) is 2. The first-order valence-electron chi connectivity index (χ1n) is 8.23. The summed E-state index contributed by atoms with van der Waals surface area (Å²) in [6.07, 6.45) is 1.85. The van der Waals surface area contributed by atoms with Crippen molar-refractivity contribution < 1.29 is 9.59 Å². The number of carbonyl (C=O) groups excluding carboxylic acids is 2. The molecule has 0 bridgehead atoms. The average Bonchev–Trinajstić information content (AvgIpc) is 3.15. The van der Waals surface area contributed by atoms with Crippen LogP contribution in [0.15, 0.2) is 54.0 Å². The van der Waals surface area contributed by atoms with Crippen molar-refractivity contribution in [3.63, 3.8) is 0 Å². The lowest BCUT2D eigenvalue weighted by molar-refractivity contribution is -0.121. The van der Waals surface area contributed by atoms with Crippen LogP contribution in [0.1, 0.15) is 34.0 Å². The molecule has 6 nitrogen and oxygen atoms in total. The number of halogens is 1. The number of nitrogens with zero attached hydrogens (tertiary/aromatic N) is 2. The number of rotatable bonds is 6. The molecule has 1 aromatic carbocycles. The lowest BCUT2D eigenvalue weighted by Gasteiger charge is -2.11. The van der Waals surface area contributed by atoms with Crippen molar-refractivity contribution in [1.29, 1.82) is 0 Å². The predicted octanol–water partition coefficient (Wildman–Crippen LogP) is 3.86. The van der Waals surface area contributed by atoms with Gasteiger partial charge in [-0.1, -0.05) is 29.8 Å². The molecule has 0 aliphatic heterocycles. The number of anilines is 1. The lowest BCUT2D eigenvalue weighted by Crippen LogP contribution is -2.28. The maximum Gasteiger partial charge on any atom is 0.276 e. The van der Waals surface area contributed by atoms with E-state index in [-0.39, 0.29) is 24.3 Å². The first-order chi connectivity index (χ1) is 13.0. The van der Waals surface area contributed by atoms with Crippen LogP contribution in [-0.4, -0.2) is 21.8 Å². The van der Waals surface area contributed by atoms with E-state index < -0.39 is 0 Å². The summed E-state index contributed by atoms with van der Waals surface area (Å²) in [6, 6.07) is 12.1. The first kappa shape index (κ1) is 19.0. The summed E-state index contributed by atoms with van der Waals surface area (Å²) in [7, 11) is 0. The van der Waals surface area contributed by atoms with Crippen LogP contribution in [0.5, 0.6) is 0 Å². The van der Waals surface area contributed by atoms with Gasteiger partial charge in [0.25, 0.3) is 5.91 Å². The highest BCUT2D eigenvalue weighted by Gasteiger charge is 2.17. The molecule has 0 aliphatic rings. The fraction of sp³-hybridized carbons (Fsp3) is 0.158. The van der Waals surface area contributed by atoms with E-state index in [4.69, 9.17) is 11.6 Å². The SMILES string of the molecule is C[C@@H](NC(=O)Cc1ccc(Cl)cc1)c1nc(C(=O)Nc2ccccn2)cs1. The van der Waals surface area contributed by atoms with E-state index >= 15 is 0 Å². The quantitative estimate of drug-likeness (QED) is 0.658. The predicted molar refractivity (Wildman–Crippen MR) is 106 cm³/mol. The van der Waals surface area contributed by atoms with Gasteiger partial charge in [-0.25, -0.2) is 9.97 Å². The van der Waals surface area contributed by atoms with Crippen molar-refractivity contribution in [2.45, 2.75) is 19.4 Å². The summed E-state index contributed by atoms with van der Waals surface area (Å²) < 4.78 is 0. The van der Waals surface area contributed by atoms with Gasteiger partial charge in [-0.3, -0.25) is 9.59 Å². The maximum absolute atomic E-state index is 12.2. The number of benzene rings is 1. The molecule has 2 aromatic heterocycles. The molecule has 138 valence electrons. The largest absolute Gasteiger partial charge is 0.347 e. The molecule has 2 heterocycles. The molecule has 0 spiro atoms. The van der Waals surface area contributed by atoms with Gasteiger partial charge >= 0.3 is 0 Å². The highest BCUT2D eigenvalue weighted by molar-refractivity contribution is 7.09. The zero-order valence-electron chi connectivity index (χ0n) is 14.5. The third-order valence-corrected chi connectivity index (χ3v) is 4.97. The van der Waals surface area contributed by atoms with E-state index in [0.717, 1.165) is 5.56 Å². The van der Waals surface area contributed by atoms with Crippen molar-refractivity contribution in [2.24, 2.45) is 0 Å². The van der Waals surface area contributed by atoms with Gasteiger partial charge in [0.05, 0.1) is 12.5 Å². The van der Waals surface area contributed by atoms with Gasteiger partial charge in [0.2, 0.25) is 5.91 Å². The number of amides is 2. The standard InChI is InChI=1S/C19H17ClN4O2S/c1-12(22-17(25)10-13-5-7-14(20)8-6-13)19-23-15(11-27-19)18(26)24-16-4-2-3-9-21-16/h2-9,11-12H,10H2,1H3,(H,22,25)(H,21,24,26)/t12-/m1/s1. The molecule has 3 rings (SSSR count). The topological polar surface area (TPSA) is 84.0 Å². The van der Waals surface area contributed by atoms with E-state index in [0.29, 0.717) is 21.5 Å². The zero-order chi connectivity index (χ0) is 19.2. The molecule has 0 radical (unpaired) electrons. The van der Waals surface area contributed by atoms with Crippen LogP contribution < -0.4 is 10.6 Å². The van der Waals surface area contributed by atoms with Crippen LogP contribution >= 0.6 is 22.9 Å². The third kappa shape index (κ3) is 5.35. The smallest absolute Gasteiger partial charge is 0.276 e. The summed E-state index contributed by atoms with van der Waals surface area (Å²) in [5.41, 5.74) is 1.16. The summed E-state index contributed by atoms with van der Waals surface area (Å²) in [6.45, 7) is 1.83. The molecule has 3 aromatic rings. The number of hydrogen-bond donors (Lipinski definition) is 2. The Balaban J connectivity index is 1.57. The number of aromatic nitrogens is 2. The normalized spacial score (nSPS) is 11.6. The van der Waals surface area contributed by atoms with Gasteiger partial charge in [-0.05, 0) is 36.8 Å². The Hall–Kier alpha value is -2.77. The fourth-order valence-corrected chi connectivity index (χ4v) is 3.28. The minimum atomic E-state index is -0.337. The zero-order valence-corrected chi connectivity index (χ0v) is 16.1. The molecule has 2 amide bonds. The molecule has 0 aliphatic carbocycles. The second kappa shape index (κ2) is 8.75. The maximum atomic E-state index is 12.2. The third-order valence-electron chi connectivity index (χ3n) is 3.69. The Kier molecular flexibility index (Phi) is 6.16. The van der Waals surface area contributed by atoms with E-state index in [1.54, 1.807) is 41.9 Å². The van der Waals surface area contributed by atoms with E-state index in [1.807, 2.05) is 19.1 Å². The molecule has 0 saturated heterocycles. The Morgan fingerprint density at radius 1 is 1.19 bits per heavy atom. The molecule has 0 fully saturated rings. The number of thiazole rings is 1. The second-order valence-electron chi connectivity index (χ2n) is 5.83. The monoisotopic (exact) mass is 400 g/mol. The van der Waals surface area contributed by atoms with E-state index in [9.17, 15) is 9.59 Å². The summed E-state index contributed by atoms with van der Waals surface area (Å²) >= 11 is 7.17. The van der Waals surface area contributed by atoms with Crippen molar-refractivity contribution in [2.75, 3.05) is 5.32 Å². The summed E-state index contributed by atoms with van der Waals surface area (Å²) in [5, 5.41) is 8.53. The highest BCUT2D eigenvalue weighted by atomic mass is 35.5. The van der Waals surface area contributed by atoms with Crippen LogP contribution in [0, 0.1) is 0 Å². The molecule has 8 heteroatoms. The molecule has 2 N–H and O–H groups in total. The molecule has 1 atom stereocenters. The van der Waals surface area contributed by atoms with Crippen LogP contribution in [0.2, 0.25) is 5.02 Å². The van der Waals surface area contributed by atoms with Crippen molar-refractivity contribution in [3.8, 4) is 0 Å². The van der Waals surface area contributed by atoms with E-state index in [1.165, 1.54) is 11.3 Å². The molecular formula is C19H17ClN4O2S. The van der Waals surface area contributed by atoms with Gasteiger partial charge in [-0.15, -0.1) is 11.3 Å². The van der Waals surface area contributed by atoms with Crippen molar-refractivity contribution in [3.05, 3.63) is 75.3 Å². The van der Waals surface area contributed by atoms with Gasteiger partial charge in [0, 0.05) is 16.6 Å². The van der Waals surface area contributed by atoms with E-state index in [2.05, 4.69) is 20.6 Å². The average molecular weight is 401 g/mol. The Morgan fingerprint density at radius 2 is 1.96 bits per heavy atom. The van der Waals surface area contributed by atoms with Gasteiger partial charge in [0.15, 0.2) is 0 Å². The second-order valence-corrected chi connectivity index (χ2v) is 7.16. The molecule has 0 saturated carbocycles. The first-order valence-corrected chi connectivity index (χ1v) is 9.48. The lowest BCUT2D eigenvalue weighted by atomic mass is 10.1. The van der Waals surface area contributed by atoms with Gasteiger partial charge < -0.3 is 10.6 Å². The highest BCUT2D eigenvalue weighted by Crippen LogP contribution is 2.19. The van der Waals surface area contributed by atoms with Gasteiger partial charge in [-0.2, -0.15) is 0 Å². The molecular weight excluding hydrogens is 384 g/mol. The summed E-state index contributed by atoms with van der Waals surface area (Å²) in [4.78, 5) is 32.8. The Labute approximate surface area is 165 Å². The van der Waals surface area contributed by atoms with Crippen LogP contribution in [0.4, 0.5) is 5.82 Å². The number of pyridine rings is 1.